The van der Waals surface area contributed by atoms with Gasteiger partial charge in [0.1, 0.15) is 12.2 Å². The van der Waals surface area contributed by atoms with Crippen molar-refractivity contribution in [1.29, 1.82) is 0 Å². The van der Waals surface area contributed by atoms with E-state index in [0.717, 1.165) is 25.7 Å². The number of rotatable bonds is 8. The summed E-state index contributed by atoms with van der Waals surface area (Å²) in [4.78, 5) is 36.5. The van der Waals surface area contributed by atoms with Crippen LogP contribution in [0.4, 0.5) is 0 Å². The lowest BCUT2D eigenvalue weighted by Gasteiger charge is -2.31. The fraction of sp³-hybridized carbons (Fsp3) is 0.850. The number of hydrogen-bond acceptors (Lipinski definition) is 6. The lowest BCUT2D eigenvalue weighted by Crippen LogP contribution is -2.41. The fourth-order valence-corrected chi connectivity index (χ4v) is 4.78. The summed E-state index contributed by atoms with van der Waals surface area (Å²) in [5.74, 6) is -0.512. The summed E-state index contributed by atoms with van der Waals surface area (Å²) in [5.41, 5.74) is -0.619. The van der Waals surface area contributed by atoms with Crippen LogP contribution in [-0.4, -0.2) is 36.7 Å². The molecule has 6 heteroatoms. The van der Waals surface area contributed by atoms with Gasteiger partial charge >= 0.3 is 17.9 Å². The molecule has 0 aromatic carbocycles. The average Bonchev–Trinajstić information content (AvgIpc) is 3.21. The van der Waals surface area contributed by atoms with Gasteiger partial charge in [0, 0.05) is 11.8 Å². The standard InChI is InChI=1S/C20H30O6/c1-5-7-8-11-12-9-13-15(11)18(22)26-17(13)16(12)25-14(21)10-24-19(23)20(3,4)6-2/h11-13,15-17H,5-10H2,1-4H3. The van der Waals surface area contributed by atoms with Crippen molar-refractivity contribution in [3.63, 3.8) is 0 Å². The summed E-state index contributed by atoms with van der Waals surface area (Å²) in [7, 11) is 0. The van der Waals surface area contributed by atoms with Crippen molar-refractivity contribution >= 4 is 17.9 Å². The van der Waals surface area contributed by atoms with Crippen molar-refractivity contribution in [3.8, 4) is 0 Å². The topological polar surface area (TPSA) is 78.9 Å². The smallest absolute Gasteiger partial charge is 0.344 e. The Bertz CT molecular complexity index is 583. The monoisotopic (exact) mass is 366 g/mol. The van der Waals surface area contributed by atoms with Gasteiger partial charge < -0.3 is 14.2 Å². The Balaban J connectivity index is 1.59. The second-order valence-corrected chi connectivity index (χ2v) is 8.56. The molecule has 0 aromatic rings. The third kappa shape index (κ3) is 3.23. The van der Waals surface area contributed by atoms with Crippen LogP contribution in [0.2, 0.25) is 0 Å². The molecule has 3 rings (SSSR count). The molecule has 1 heterocycles. The van der Waals surface area contributed by atoms with E-state index >= 15 is 0 Å². The van der Waals surface area contributed by atoms with E-state index < -0.39 is 23.5 Å². The number of esters is 3. The summed E-state index contributed by atoms with van der Waals surface area (Å²) in [6, 6.07) is 0. The molecule has 6 atom stereocenters. The van der Waals surface area contributed by atoms with Gasteiger partial charge in [-0.25, -0.2) is 4.79 Å². The van der Waals surface area contributed by atoms with Crippen molar-refractivity contribution in [1.82, 2.24) is 0 Å². The number of unbranched alkanes of at least 4 members (excludes halogenated alkanes) is 1. The summed E-state index contributed by atoms with van der Waals surface area (Å²) in [6.07, 6.45) is 3.91. The zero-order chi connectivity index (χ0) is 19.1. The van der Waals surface area contributed by atoms with Crippen molar-refractivity contribution in [2.24, 2.45) is 29.1 Å². The molecule has 0 amide bonds. The van der Waals surface area contributed by atoms with Gasteiger partial charge in [0.2, 0.25) is 0 Å². The van der Waals surface area contributed by atoms with Crippen LogP contribution in [0.1, 0.15) is 59.8 Å². The molecular formula is C20H30O6. The van der Waals surface area contributed by atoms with Crippen LogP contribution < -0.4 is 0 Å². The zero-order valence-corrected chi connectivity index (χ0v) is 16.2. The quantitative estimate of drug-likeness (QED) is 0.485. The number of ether oxygens (including phenoxy) is 3. The molecule has 6 unspecified atom stereocenters. The maximum absolute atomic E-state index is 12.2. The predicted molar refractivity (Wildman–Crippen MR) is 92.9 cm³/mol. The van der Waals surface area contributed by atoms with E-state index in [4.69, 9.17) is 14.2 Å². The summed E-state index contributed by atoms with van der Waals surface area (Å²) >= 11 is 0. The highest BCUT2D eigenvalue weighted by Crippen LogP contribution is 2.59. The van der Waals surface area contributed by atoms with Crippen LogP contribution in [0.15, 0.2) is 0 Å². The molecular weight excluding hydrogens is 336 g/mol. The molecule has 0 N–H and O–H groups in total. The van der Waals surface area contributed by atoms with Crippen LogP contribution in [0, 0.1) is 29.1 Å². The Kier molecular flexibility index (Phi) is 5.31. The van der Waals surface area contributed by atoms with E-state index in [1.807, 2.05) is 6.92 Å². The lowest BCUT2D eigenvalue weighted by molar-refractivity contribution is -0.173. The van der Waals surface area contributed by atoms with Gasteiger partial charge in [-0.15, -0.1) is 0 Å². The van der Waals surface area contributed by atoms with E-state index in [1.165, 1.54) is 0 Å². The lowest BCUT2D eigenvalue weighted by atomic mass is 9.76. The molecule has 0 spiro atoms. The van der Waals surface area contributed by atoms with Crippen LogP contribution in [0.3, 0.4) is 0 Å². The molecule has 1 saturated heterocycles. The number of carbonyl (C=O) groups is 3. The molecule has 2 saturated carbocycles. The molecule has 0 aromatic heterocycles. The van der Waals surface area contributed by atoms with Gasteiger partial charge in [0.05, 0.1) is 11.3 Å². The SMILES string of the molecule is CCCCC1C2CC3C(OC(=O)C13)C2OC(=O)COC(=O)C(C)(C)CC. The number of hydrogen-bond donors (Lipinski definition) is 0. The largest absolute Gasteiger partial charge is 0.458 e. The Morgan fingerprint density at radius 2 is 1.96 bits per heavy atom. The van der Waals surface area contributed by atoms with E-state index in [2.05, 4.69) is 6.92 Å². The highest BCUT2D eigenvalue weighted by atomic mass is 16.6. The van der Waals surface area contributed by atoms with Gasteiger partial charge in [-0.05, 0) is 39.0 Å². The minimum Gasteiger partial charge on any atom is -0.458 e. The summed E-state index contributed by atoms with van der Waals surface area (Å²) < 4.78 is 16.3. The average molecular weight is 366 g/mol. The van der Waals surface area contributed by atoms with Crippen LogP contribution in [0.5, 0.6) is 0 Å². The first-order chi connectivity index (χ1) is 12.3. The Hall–Kier alpha value is -1.59. The molecule has 6 nitrogen and oxygen atoms in total. The third-order valence-corrected chi connectivity index (χ3v) is 6.63. The first-order valence-electron chi connectivity index (χ1n) is 9.87. The molecule has 26 heavy (non-hydrogen) atoms. The van der Waals surface area contributed by atoms with Crippen LogP contribution in [-0.2, 0) is 28.6 Å². The Labute approximate surface area is 154 Å². The normalized spacial score (nSPS) is 34.7. The minimum absolute atomic E-state index is 0.0188. The number of fused-ring (bicyclic) bond motifs is 1. The predicted octanol–water partition coefficient (Wildman–Crippen LogP) is 2.88. The fourth-order valence-electron chi connectivity index (χ4n) is 4.78. The van der Waals surface area contributed by atoms with Crippen molar-refractivity contribution in [2.75, 3.05) is 6.61 Å². The third-order valence-electron chi connectivity index (χ3n) is 6.63. The first kappa shape index (κ1) is 19.2. The van der Waals surface area contributed by atoms with E-state index in [1.54, 1.807) is 13.8 Å². The van der Waals surface area contributed by atoms with Crippen molar-refractivity contribution < 1.29 is 28.6 Å². The molecule has 1 aliphatic heterocycles. The molecule has 3 aliphatic rings. The highest BCUT2D eigenvalue weighted by Gasteiger charge is 2.67. The van der Waals surface area contributed by atoms with Gasteiger partial charge in [-0.1, -0.05) is 26.7 Å². The van der Waals surface area contributed by atoms with E-state index in [0.29, 0.717) is 6.42 Å². The van der Waals surface area contributed by atoms with E-state index in [-0.39, 0.29) is 42.4 Å². The minimum atomic E-state index is -0.619. The van der Waals surface area contributed by atoms with E-state index in [9.17, 15) is 14.4 Å². The highest BCUT2D eigenvalue weighted by molar-refractivity contribution is 5.80. The van der Waals surface area contributed by atoms with Gasteiger partial charge in [-0.2, -0.15) is 0 Å². The zero-order valence-electron chi connectivity index (χ0n) is 16.2. The van der Waals surface area contributed by atoms with Crippen LogP contribution in [0.25, 0.3) is 0 Å². The van der Waals surface area contributed by atoms with Crippen molar-refractivity contribution in [3.05, 3.63) is 0 Å². The van der Waals surface area contributed by atoms with Gasteiger partial charge in [-0.3, -0.25) is 9.59 Å². The van der Waals surface area contributed by atoms with Crippen molar-refractivity contribution in [2.45, 2.75) is 72.0 Å². The number of carbonyl (C=O) groups excluding carboxylic acids is 3. The molecule has 0 radical (unpaired) electrons. The second kappa shape index (κ2) is 7.20. The summed E-state index contributed by atoms with van der Waals surface area (Å²) in [5, 5.41) is 0. The maximum Gasteiger partial charge on any atom is 0.344 e. The molecule has 3 fully saturated rings. The van der Waals surface area contributed by atoms with Gasteiger partial charge in [0.25, 0.3) is 0 Å². The molecule has 2 bridgehead atoms. The second-order valence-electron chi connectivity index (χ2n) is 8.56. The molecule has 2 aliphatic carbocycles. The molecule has 146 valence electrons. The maximum atomic E-state index is 12.2. The van der Waals surface area contributed by atoms with Crippen LogP contribution >= 0.6 is 0 Å². The first-order valence-corrected chi connectivity index (χ1v) is 9.87. The Morgan fingerprint density at radius 1 is 1.23 bits per heavy atom. The summed E-state index contributed by atoms with van der Waals surface area (Å²) in [6.45, 7) is 7.21. The Morgan fingerprint density at radius 3 is 2.62 bits per heavy atom. The van der Waals surface area contributed by atoms with Gasteiger partial charge in [0.15, 0.2) is 6.61 Å².